The number of anilines is 1. The van der Waals surface area contributed by atoms with Crippen LogP contribution in [0.5, 0.6) is 0 Å². The SMILES string of the molecule is Cc1cc(C)c(NCc2ccc(C(F)(F)F)cc2)c(C)c1. The third-order valence-corrected chi connectivity index (χ3v) is 3.43. The van der Waals surface area contributed by atoms with Gasteiger partial charge in [0, 0.05) is 12.2 Å². The maximum Gasteiger partial charge on any atom is 0.416 e. The first-order valence-corrected chi connectivity index (χ1v) is 6.75. The third kappa shape index (κ3) is 3.78. The minimum Gasteiger partial charge on any atom is -0.381 e. The molecule has 0 spiro atoms. The molecule has 0 heterocycles. The predicted octanol–water partition coefficient (Wildman–Crippen LogP) is 5.24. The molecule has 0 fully saturated rings. The van der Waals surface area contributed by atoms with Gasteiger partial charge in [0.1, 0.15) is 0 Å². The Kier molecular flexibility index (Phi) is 4.26. The van der Waals surface area contributed by atoms with Gasteiger partial charge in [0.15, 0.2) is 0 Å². The number of nitrogens with one attached hydrogen (secondary N) is 1. The van der Waals surface area contributed by atoms with Crippen molar-refractivity contribution < 1.29 is 13.2 Å². The summed E-state index contributed by atoms with van der Waals surface area (Å²) in [6, 6.07) is 9.42. The molecule has 1 N–H and O–H groups in total. The van der Waals surface area contributed by atoms with Crippen LogP contribution in [0.1, 0.15) is 27.8 Å². The molecule has 0 aliphatic rings. The molecule has 2 aromatic rings. The Morgan fingerprint density at radius 1 is 0.905 bits per heavy atom. The summed E-state index contributed by atoms with van der Waals surface area (Å²) in [7, 11) is 0. The standard InChI is InChI=1S/C17H18F3N/c1-11-8-12(2)16(13(3)9-11)21-10-14-4-6-15(7-5-14)17(18,19)20/h4-9,21H,10H2,1-3H3. The van der Waals surface area contributed by atoms with E-state index in [1.807, 2.05) is 20.8 Å². The number of halogens is 3. The molecular weight excluding hydrogens is 275 g/mol. The zero-order valence-corrected chi connectivity index (χ0v) is 12.3. The van der Waals surface area contributed by atoms with Crippen molar-refractivity contribution in [2.24, 2.45) is 0 Å². The highest BCUT2D eigenvalue weighted by molar-refractivity contribution is 5.58. The average Bonchev–Trinajstić information content (AvgIpc) is 2.37. The van der Waals surface area contributed by atoms with Crippen LogP contribution in [-0.2, 0) is 12.7 Å². The predicted molar refractivity (Wildman–Crippen MR) is 79.4 cm³/mol. The number of benzene rings is 2. The smallest absolute Gasteiger partial charge is 0.381 e. The van der Waals surface area contributed by atoms with Crippen molar-refractivity contribution in [3.8, 4) is 0 Å². The molecule has 1 nitrogen and oxygen atoms in total. The van der Waals surface area contributed by atoms with Gasteiger partial charge in [0.25, 0.3) is 0 Å². The van der Waals surface area contributed by atoms with E-state index in [-0.39, 0.29) is 0 Å². The molecule has 2 rings (SSSR count). The lowest BCUT2D eigenvalue weighted by molar-refractivity contribution is -0.137. The average molecular weight is 293 g/mol. The normalized spacial score (nSPS) is 11.5. The molecule has 0 saturated heterocycles. The molecule has 0 amide bonds. The first-order chi connectivity index (χ1) is 9.77. The van der Waals surface area contributed by atoms with Crippen molar-refractivity contribution in [1.82, 2.24) is 0 Å². The lowest BCUT2D eigenvalue weighted by atomic mass is 10.0. The summed E-state index contributed by atoms with van der Waals surface area (Å²) in [6.07, 6.45) is -4.28. The number of rotatable bonds is 3. The maximum absolute atomic E-state index is 12.5. The van der Waals surface area contributed by atoms with Gasteiger partial charge in [-0.1, -0.05) is 29.8 Å². The molecule has 0 aliphatic carbocycles. The van der Waals surface area contributed by atoms with Gasteiger partial charge in [-0.3, -0.25) is 0 Å². The van der Waals surface area contributed by atoms with E-state index in [4.69, 9.17) is 0 Å². The molecule has 0 bridgehead atoms. The second-order valence-electron chi connectivity index (χ2n) is 5.32. The molecule has 0 atom stereocenters. The summed E-state index contributed by atoms with van der Waals surface area (Å²) in [5.41, 5.74) is 4.72. The van der Waals surface area contributed by atoms with Crippen molar-refractivity contribution in [3.05, 3.63) is 64.2 Å². The highest BCUT2D eigenvalue weighted by Gasteiger charge is 2.29. The van der Waals surface area contributed by atoms with Crippen molar-refractivity contribution in [3.63, 3.8) is 0 Å². The van der Waals surface area contributed by atoms with Crippen LogP contribution in [-0.4, -0.2) is 0 Å². The van der Waals surface area contributed by atoms with Crippen LogP contribution in [0.25, 0.3) is 0 Å². The second-order valence-corrected chi connectivity index (χ2v) is 5.32. The van der Waals surface area contributed by atoms with E-state index in [0.717, 1.165) is 34.5 Å². The van der Waals surface area contributed by atoms with Gasteiger partial charge in [0.2, 0.25) is 0 Å². The molecule has 0 aromatic heterocycles. The third-order valence-electron chi connectivity index (χ3n) is 3.43. The van der Waals surface area contributed by atoms with E-state index >= 15 is 0 Å². The van der Waals surface area contributed by atoms with Gasteiger partial charge in [0.05, 0.1) is 5.56 Å². The molecule has 2 aromatic carbocycles. The quantitative estimate of drug-likeness (QED) is 0.815. The van der Waals surface area contributed by atoms with E-state index in [9.17, 15) is 13.2 Å². The fraction of sp³-hybridized carbons (Fsp3) is 0.294. The van der Waals surface area contributed by atoms with Gasteiger partial charge in [-0.15, -0.1) is 0 Å². The summed E-state index contributed by atoms with van der Waals surface area (Å²) in [4.78, 5) is 0. The molecular formula is C17H18F3N. The van der Waals surface area contributed by atoms with E-state index in [1.165, 1.54) is 17.7 Å². The Morgan fingerprint density at radius 2 is 1.43 bits per heavy atom. The minimum absolute atomic E-state index is 0.503. The molecule has 112 valence electrons. The summed E-state index contributed by atoms with van der Waals surface area (Å²) < 4.78 is 37.5. The van der Waals surface area contributed by atoms with Crippen LogP contribution in [0.15, 0.2) is 36.4 Å². The molecule has 21 heavy (non-hydrogen) atoms. The first kappa shape index (κ1) is 15.4. The first-order valence-electron chi connectivity index (χ1n) is 6.75. The number of alkyl halides is 3. The largest absolute Gasteiger partial charge is 0.416 e. The highest BCUT2D eigenvalue weighted by Crippen LogP contribution is 2.29. The van der Waals surface area contributed by atoms with E-state index < -0.39 is 11.7 Å². The van der Waals surface area contributed by atoms with Crippen LogP contribution >= 0.6 is 0 Å². The fourth-order valence-electron chi connectivity index (χ4n) is 2.46. The number of aryl methyl sites for hydroxylation is 3. The van der Waals surface area contributed by atoms with Gasteiger partial charge in [-0.05, 0) is 49.6 Å². The van der Waals surface area contributed by atoms with Crippen LogP contribution < -0.4 is 5.32 Å². The summed E-state index contributed by atoms with van der Waals surface area (Å²) >= 11 is 0. The van der Waals surface area contributed by atoms with Gasteiger partial charge in [-0.25, -0.2) is 0 Å². The van der Waals surface area contributed by atoms with Crippen molar-refractivity contribution in [2.75, 3.05) is 5.32 Å². The monoisotopic (exact) mass is 293 g/mol. The van der Waals surface area contributed by atoms with E-state index in [1.54, 1.807) is 0 Å². The summed E-state index contributed by atoms with van der Waals surface area (Å²) in [6.45, 7) is 6.59. The Labute approximate surface area is 122 Å². The topological polar surface area (TPSA) is 12.0 Å². The Morgan fingerprint density at radius 3 is 1.90 bits per heavy atom. The van der Waals surface area contributed by atoms with Crippen molar-refractivity contribution in [1.29, 1.82) is 0 Å². The Bertz CT molecular complexity index is 604. The van der Waals surface area contributed by atoms with E-state index in [2.05, 4.69) is 17.4 Å². The fourth-order valence-corrected chi connectivity index (χ4v) is 2.46. The van der Waals surface area contributed by atoms with Crippen LogP contribution in [0.4, 0.5) is 18.9 Å². The Balaban J connectivity index is 2.10. The van der Waals surface area contributed by atoms with E-state index in [0.29, 0.717) is 6.54 Å². The summed E-state index contributed by atoms with van der Waals surface area (Å²) in [5.74, 6) is 0. The van der Waals surface area contributed by atoms with Crippen molar-refractivity contribution >= 4 is 5.69 Å². The Hall–Kier alpha value is -1.97. The molecule has 0 saturated carbocycles. The molecule has 0 radical (unpaired) electrons. The number of hydrogen-bond donors (Lipinski definition) is 1. The molecule has 4 heteroatoms. The van der Waals surface area contributed by atoms with Crippen molar-refractivity contribution in [2.45, 2.75) is 33.5 Å². The minimum atomic E-state index is -4.28. The second kappa shape index (κ2) is 5.80. The van der Waals surface area contributed by atoms with Gasteiger partial charge in [-0.2, -0.15) is 13.2 Å². The van der Waals surface area contributed by atoms with Crippen LogP contribution in [0, 0.1) is 20.8 Å². The molecule has 0 aliphatic heterocycles. The summed E-state index contributed by atoms with van der Waals surface area (Å²) in [5, 5.41) is 3.30. The van der Waals surface area contributed by atoms with Crippen LogP contribution in [0.2, 0.25) is 0 Å². The zero-order valence-electron chi connectivity index (χ0n) is 12.3. The lowest BCUT2D eigenvalue weighted by Crippen LogP contribution is -2.06. The van der Waals surface area contributed by atoms with Crippen LogP contribution in [0.3, 0.4) is 0 Å². The zero-order chi connectivity index (χ0) is 15.6. The van der Waals surface area contributed by atoms with Gasteiger partial charge < -0.3 is 5.32 Å². The molecule has 0 unspecified atom stereocenters. The lowest BCUT2D eigenvalue weighted by Gasteiger charge is -2.14. The number of hydrogen-bond acceptors (Lipinski definition) is 1. The van der Waals surface area contributed by atoms with Gasteiger partial charge >= 0.3 is 6.18 Å². The highest BCUT2D eigenvalue weighted by atomic mass is 19.4. The maximum atomic E-state index is 12.5.